The molecule has 0 fully saturated rings. The summed E-state index contributed by atoms with van der Waals surface area (Å²) >= 11 is 0. The van der Waals surface area contributed by atoms with Gasteiger partial charge in [0.25, 0.3) is 0 Å². The molecule has 0 aliphatic heterocycles. The highest BCUT2D eigenvalue weighted by atomic mass is 19.4. The van der Waals surface area contributed by atoms with E-state index in [-0.39, 0.29) is 24.5 Å². The molecule has 6 heteroatoms. The van der Waals surface area contributed by atoms with E-state index in [1.165, 1.54) is 12.1 Å². The number of rotatable bonds is 4. The van der Waals surface area contributed by atoms with Crippen LogP contribution in [0.15, 0.2) is 42.5 Å². The molecule has 21 heavy (non-hydrogen) atoms. The molecule has 0 unspecified atom stereocenters. The maximum Gasteiger partial charge on any atom is 0.416 e. The summed E-state index contributed by atoms with van der Waals surface area (Å²) in [5, 5.41) is 8.91. The van der Waals surface area contributed by atoms with E-state index in [0.717, 1.165) is 6.07 Å². The standard InChI is InChI=1S/C15H14F3NO2/c16-15(17,18)14-7-12(19)4-3-11(14)9-21-13-5-1-10(8-20)2-6-13/h1-7,20H,8-9,19H2. The average molecular weight is 297 g/mol. The molecule has 112 valence electrons. The highest BCUT2D eigenvalue weighted by molar-refractivity contribution is 5.46. The average Bonchev–Trinajstić information content (AvgIpc) is 2.45. The van der Waals surface area contributed by atoms with E-state index in [2.05, 4.69) is 0 Å². The number of alkyl halides is 3. The maximum absolute atomic E-state index is 12.9. The van der Waals surface area contributed by atoms with Crippen molar-refractivity contribution < 1.29 is 23.0 Å². The molecule has 0 saturated heterocycles. The Morgan fingerprint density at radius 3 is 2.29 bits per heavy atom. The second-order valence-corrected chi connectivity index (χ2v) is 4.51. The van der Waals surface area contributed by atoms with Gasteiger partial charge in [0, 0.05) is 11.3 Å². The molecular formula is C15H14F3NO2. The fraction of sp³-hybridized carbons (Fsp3) is 0.200. The van der Waals surface area contributed by atoms with Crippen LogP contribution in [0.2, 0.25) is 0 Å². The number of halogens is 3. The monoisotopic (exact) mass is 297 g/mol. The minimum atomic E-state index is -4.48. The smallest absolute Gasteiger partial charge is 0.416 e. The lowest BCUT2D eigenvalue weighted by atomic mass is 10.1. The number of hydrogen-bond acceptors (Lipinski definition) is 3. The quantitative estimate of drug-likeness (QED) is 0.851. The molecule has 0 saturated carbocycles. The van der Waals surface area contributed by atoms with Crippen molar-refractivity contribution in [2.24, 2.45) is 0 Å². The summed E-state index contributed by atoms with van der Waals surface area (Å²) in [5.74, 6) is 0.428. The van der Waals surface area contributed by atoms with Crippen LogP contribution in [0.5, 0.6) is 5.75 Å². The van der Waals surface area contributed by atoms with Crippen molar-refractivity contribution >= 4 is 5.69 Å². The number of nitrogens with two attached hydrogens (primary N) is 1. The van der Waals surface area contributed by atoms with Crippen LogP contribution < -0.4 is 10.5 Å². The predicted octanol–water partition coefficient (Wildman–Crippen LogP) is 3.36. The Labute approximate surface area is 119 Å². The first-order valence-corrected chi connectivity index (χ1v) is 6.18. The minimum absolute atomic E-state index is 0.0166. The third kappa shape index (κ3) is 3.88. The Hall–Kier alpha value is -2.21. The van der Waals surface area contributed by atoms with Gasteiger partial charge in [0.1, 0.15) is 12.4 Å². The van der Waals surface area contributed by atoms with Crippen LogP contribution in [-0.4, -0.2) is 5.11 Å². The molecule has 0 aliphatic rings. The molecule has 0 aromatic heterocycles. The first kappa shape index (κ1) is 15.2. The third-order valence-electron chi connectivity index (χ3n) is 2.94. The molecule has 0 atom stereocenters. The second kappa shape index (κ2) is 6.05. The zero-order valence-electron chi connectivity index (χ0n) is 11.0. The van der Waals surface area contributed by atoms with Crippen molar-refractivity contribution in [3.8, 4) is 5.75 Å². The summed E-state index contributed by atoms with van der Waals surface area (Å²) in [4.78, 5) is 0. The zero-order chi connectivity index (χ0) is 15.5. The van der Waals surface area contributed by atoms with Crippen molar-refractivity contribution in [3.63, 3.8) is 0 Å². The molecule has 0 bridgehead atoms. The van der Waals surface area contributed by atoms with Crippen LogP contribution in [0, 0.1) is 0 Å². The van der Waals surface area contributed by atoms with Crippen molar-refractivity contribution in [3.05, 3.63) is 59.2 Å². The third-order valence-corrected chi connectivity index (χ3v) is 2.94. The van der Waals surface area contributed by atoms with E-state index in [1.54, 1.807) is 24.3 Å². The summed E-state index contributed by atoms with van der Waals surface area (Å²) in [6, 6.07) is 10.1. The molecule has 0 spiro atoms. The van der Waals surface area contributed by atoms with Gasteiger partial charge in [0.2, 0.25) is 0 Å². The van der Waals surface area contributed by atoms with Gasteiger partial charge in [0.15, 0.2) is 0 Å². The Morgan fingerprint density at radius 2 is 1.71 bits per heavy atom. The van der Waals surface area contributed by atoms with Gasteiger partial charge in [-0.05, 0) is 29.8 Å². The zero-order valence-corrected chi connectivity index (χ0v) is 11.0. The molecule has 2 aromatic rings. The number of anilines is 1. The van der Waals surface area contributed by atoms with Crippen LogP contribution >= 0.6 is 0 Å². The molecular weight excluding hydrogens is 283 g/mol. The normalized spacial score (nSPS) is 11.4. The van der Waals surface area contributed by atoms with E-state index >= 15 is 0 Å². The van der Waals surface area contributed by atoms with Crippen molar-refractivity contribution in [1.82, 2.24) is 0 Å². The van der Waals surface area contributed by atoms with E-state index in [9.17, 15) is 13.2 Å². The molecule has 2 aromatic carbocycles. The first-order chi connectivity index (χ1) is 9.90. The lowest BCUT2D eigenvalue weighted by Gasteiger charge is -2.14. The fourth-order valence-corrected chi connectivity index (χ4v) is 1.84. The van der Waals surface area contributed by atoms with Crippen molar-refractivity contribution in [2.75, 3.05) is 5.73 Å². The van der Waals surface area contributed by atoms with Crippen LogP contribution in [-0.2, 0) is 19.4 Å². The van der Waals surface area contributed by atoms with E-state index in [0.29, 0.717) is 11.3 Å². The summed E-state index contributed by atoms with van der Waals surface area (Å²) in [6.45, 7) is -0.315. The number of aliphatic hydroxyl groups is 1. The first-order valence-electron chi connectivity index (χ1n) is 6.18. The maximum atomic E-state index is 12.9. The number of benzene rings is 2. The van der Waals surface area contributed by atoms with Crippen molar-refractivity contribution in [1.29, 1.82) is 0 Å². The van der Waals surface area contributed by atoms with E-state index in [4.69, 9.17) is 15.6 Å². The number of aliphatic hydroxyl groups excluding tert-OH is 1. The van der Waals surface area contributed by atoms with Gasteiger partial charge in [0.05, 0.1) is 12.2 Å². The Morgan fingerprint density at radius 1 is 1.05 bits per heavy atom. The molecule has 0 radical (unpaired) electrons. The summed E-state index contributed by atoms with van der Waals surface area (Å²) in [7, 11) is 0. The number of hydrogen-bond donors (Lipinski definition) is 2. The van der Waals surface area contributed by atoms with Gasteiger partial charge in [-0.2, -0.15) is 13.2 Å². The second-order valence-electron chi connectivity index (χ2n) is 4.51. The highest BCUT2D eigenvalue weighted by Crippen LogP contribution is 2.33. The van der Waals surface area contributed by atoms with Gasteiger partial charge >= 0.3 is 6.18 Å². The minimum Gasteiger partial charge on any atom is -0.489 e. The lowest BCUT2D eigenvalue weighted by molar-refractivity contribution is -0.138. The molecule has 0 amide bonds. The highest BCUT2D eigenvalue weighted by Gasteiger charge is 2.33. The summed E-state index contributed by atoms with van der Waals surface area (Å²) in [6.07, 6.45) is -4.48. The summed E-state index contributed by atoms with van der Waals surface area (Å²) in [5.41, 5.74) is 5.37. The number of ether oxygens (including phenoxy) is 1. The molecule has 3 N–H and O–H groups in total. The van der Waals surface area contributed by atoms with Crippen molar-refractivity contribution in [2.45, 2.75) is 19.4 Å². The van der Waals surface area contributed by atoms with Gasteiger partial charge in [-0.3, -0.25) is 0 Å². The SMILES string of the molecule is Nc1ccc(COc2ccc(CO)cc2)c(C(F)(F)F)c1. The van der Waals surface area contributed by atoms with E-state index in [1.807, 2.05) is 0 Å². The number of nitrogen functional groups attached to an aromatic ring is 1. The van der Waals surface area contributed by atoms with E-state index < -0.39 is 11.7 Å². The molecule has 0 aliphatic carbocycles. The molecule has 3 nitrogen and oxygen atoms in total. The van der Waals surface area contributed by atoms with Gasteiger partial charge in [-0.1, -0.05) is 18.2 Å². The van der Waals surface area contributed by atoms with Gasteiger partial charge < -0.3 is 15.6 Å². The topological polar surface area (TPSA) is 55.5 Å². The van der Waals surface area contributed by atoms with Crippen LogP contribution in [0.25, 0.3) is 0 Å². The summed E-state index contributed by atoms with van der Waals surface area (Å²) < 4.78 is 44.1. The Bertz CT molecular complexity index is 609. The Kier molecular flexibility index (Phi) is 4.37. The largest absolute Gasteiger partial charge is 0.489 e. The van der Waals surface area contributed by atoms with Crippen LogP contribution in [0.1, 0.15) is 16.7 Å². The van der Waals surface area contributed by atoms with Gasteiger partial charge in [-0.25, -0.2) is 0 Å². The fourth-order valence-electron chi connectivity index (χ4n) is 1.84. The van der Waals surface area contributed by atoms with Gasteiger partial charge in [-0.15, -0.1) is 0 Å². The predicted molar refractivity (Wildman–Crippen MR) is 72.6 cm³/mol. The Balaban J connectivity index is 2.15. The molecule has 0 heterocycles. The van der Waals surface area contributed by atoms with Crippen LogP contribution in [0.4, 0.5) is 18.9 Å². The van der Waals surface area contributed by atoms with Crippen LogP contribution in [0.3, 0.4) is 0 Å². The lowest BCUT2D eigenvalue weighted by Crippen LogP contribution is -2.11. The molecule has 2 rings (SSSR count).